The molecule has 0 saturated heterocycles. The number of nitrogens with two attached hydrogens (primary N) is 1. The van der Waals surface area contributed by atoms with Gasteiger partial charge in [0.2, 0.25) is 0 Å². The molecule has 102 valence electrons. The number of nitrogens with zero attached hydrogens (tertiary/aromatic N) is 2. The minimum absolute atomic E-state index is 0.0268. The summed E-state index contributed by atoms with van der Waals surface area (Å²) in [5, 5.41) is 4.39. The first kappa shape index (κ1) is 13.8. The number of benzene rings is 1. The Balaban J connectivity index is 2.47. The van der Waals surface area contributed by atoms with E-state index in [1.165, 1.54) is 11.1 Å². The third kappa shape index (κ3) is 2.69. The number of hydrogen-bond donors (Lipinski definition) is 2. The van der Waals surface area contributed by atoms with E-state index in [-0.39, 0.29) is 6.04 Å². The molecule has 1 aromatic heterocycles. The topological polar surface area (TPSA) is 55.9 Å². The summed E-state index contributed by atoms with van der Waals surface area (Å²) in [5.74, 6) is 5.80. The van der Waals surface area contributed by atoms with E-state index in [4.69, 9.17) is 5.84 Å². The molecule has 3 N–H and O–H groups in total. The van der Waals surface area contributed by atoms with E-state index in [2.05, 4.69) is 55.6 Å². The number of hydrogen-bond acceptors (Lipinski definition) is 3. The number of aromatic nitrogens is 2. The fourth-order valence-electron chi connectivity index (χ4n) is 2.46. The van der Waals surface area contributed by atoms with E-state index >= 15 is 0 Å². The van der Waals surface area contributed by atoms with Gasteiger partial charge < -0.3 is 0 Å². The van der Waals surface area contributed by atoms with Crippen molar-refractivity contribution >= 4 is 0 Å². The van der Waals surface area contributed by atoms with Crippen LogP contribution in [-0.4, -0.2) is 9.78 Å². The molecule has 19 heavy (non-hydrogen) atoms. The van der Waals surface area contributed by atoms with Crippen LogP contribution in [0.15, 0.2) is 36.5 Å². The molecule has 0 bridgehead atoms. The van der Waals surface area contributed by atoms with E-state index in [0.29, 0.717) is 6.04 Å². The largest absolute Gasteiger partial charge is 0.271 e. The lowest BCUT2D eigenvalue weighted by Gasteiger charge is -2.22. The van der Waals surface area contributed by atoms with Crippen molar-refractivity contribution < 1.29 is 0 Å². The van der Waals surface area contributed by atoms with Crippen molar-refractivity contribution in [2.45, 2.75) is 39.3 Å². The van der Waals surface area contributed by atoms with Gasteiger partial charge >= 0.3 is 0 Å². The van der Waals surface area contributed by atoms with Gasteiger partial charge in [-0.15, -0.1) is 0 Å². The Morgan fingerprint density at radius 2 is 2.00 bits per heavy atom. The highest BCUT2D eigenvalue weighted by Gasteiger charge is 2.20. The Morgan fingerprint density at radius 3 is 2.63 bits per heavy atom. The average Bonchev–Trinajstić information content (AvgIpc) is 2.89. The van der Waals surface area contributed by atoms with Crippen molar-refractivity contribution in [1.82, 2.24) is 15.2 Å². The van der Waals surface area contributed by atoms with Crippen LogP contribution in [0.4, 0.5) is 0 Å². The molecule has 1 aromatic carbocycles. The van der Waals surface area contributed by atoms with Crippen molar-refractivity contribution in [2.24, 2.45) is 5.84 Å². The molecule has 0 aliphatic rings. The average molecular weight is 258 g/mol. The quantitative estimate of drug-likeness (QED) is 0.640. The third-order valence-electron chi connectivity index (χ3n) is 3.40. The molecule has 1 atom stereocenters. The maximum absolute atomic E-state index is 5.80. The van der Waals surface area contributed by atoms with E-state index < -0.39 is 0 Å². The maximum atomic E-state index is 5.80. The van der Waals surface area contributed by atoms with Gasteiger partial charge in [-0.3, -0.25) is 10.5 Å². The van der Waals surface area contributed by atoms with E-state index in [1.54, 1.807) is 0 Å². The zero-order chi connectivity index (χ0) is 13.8. The maximum Gasteiger partial charge on any atom is 0.0881 e. The molecule has 2 rings (SSSR count). The molecule has 1 unspecified atom stereocenters. The molecule has 4 nitrogen and oxygen atoms in total. The monoisotopic (exact) mass is 258 g/mol. The smallest absolute Gasteiger partial charge is 0.0881 e. The molecule has 0 saturated carbocycles. The molecule has 1 heterocycles. The van der Waals surface area contributed by atoms with Crippen molar-refractivity contribution in [3.8, 4) is 0 Å². The van der Waals surface area contributed by atoms with Gasteiger partial charge in [-0.1, -0.05) is 31.2 Å². The normalized spacial score (nSPS) is 12.9. The van der Waals surface area contributed by atoms with Gasteiger partial charge in [0, 0.05) is 12.2 Å². The second-order valence-corrected chi connectivity index (χ2v) is 4.95. The van der Waals surface area contributed by atoms with Crippen molar-refractivity contribution in [1.29, 1.82) is 0 Å². The molecule has 4 heteroatoms. The SMILES string of the molecule is CCc1ccccc1C(NN)c1ccnn1C(C)C. The Bertz CT molecular complexity index is 530. The van der Waals surface area contributed by atoms with E-state index in [1.807, 2.05) is 16.9 Å². The van der Waals surface area contributed by atoms with Gasteiger partial charge in [-0.2, -0.15) is 5.10 Å². The predicted molar refractivity (Wildman–Crippen MR) is 77.6 cm³/mol. The van der Waals surface area contributed by atoms with E-state index in [0.717, 1.165) is 12.1 Å². The van der Waals surface area contributed by atoms with Crippen LogP contribution in [0.5, 0.6) is 0 Å². The Morgan fingerprint density at radius 1 is 1.26 bits per heavy atom. The van der Waals surface area contributed by atoms with Crippen LogP contribution >= 0.6 is 0 Å². The first-order chi connectivity index (χ1) is 9.19. The van der Waals surface area contributed by atoms with Crippen LogP contribution in [0, 0.1) is 0 Å². The molecular weight excluding hydrogens is 236 g/mol. The van der Waals surface area contributed by atoms with E-state index in [9.17, 15) is 0 Å². The summed E-state index contributed by atoms with van der Waals surface area (Å²) < 4.78 is 2.01. The number of nitrogens with one attached hydrogen (secondary N) is 1. The Labute approximate surface area is 114 Å². The minimum atomic E-state index is -0.0268. The predicted octanol–water partition coefficient (Wildman–Crippen LogP) is 2.58. The summed E-state index contributed by atoms with van der Waals surface area (Å²) in [5.41, 5.74) is 6.55. The van der Waals surface area contributed by atoms with Crippen LogP contribution in [0.25, 0.3) is 0 Å². The highest BCUT2D eigenvalue weighted by Crippen LogP contribution is 2.26. The van der Waals surface area contributed by atoms with Crippen LogP contribution < -0.4 is 11.3 Å². The lowest BCUT2D eigenvalue weighted by atomic mass is 9.96. The Hall–Kier alpha value is -1.65. The molecule has 0 radical (unpaired) electrons. The van der Waals surface area contributed by atoms with Crippen LogP contribution in [0.3, 0.4) is 0 Å². The standard InChI is InChI=1S/C15H22N4/c1-4-12-7-5-6-8-13(12)15(18-16)14-9-10-17-19(14)11(2)3/h5-11,15,18H,4,16H2,1-3H3. The Kier molecular flexibility index (Phi) is 4.35. The zero-order valence-corrected chi connectivity index (χ0v) is 11.8. The van der Waals surface area contributed by atoms with Crippen LogP contribution in [0.1, 0.15) is 49.7 Å². The lowest BCUT2D eigenvalue weighted by Crippen LogP contribution is -2.31. The fourth-order valence-corrected chi connectivity index (χ4v) is 2.46. The van der Waals surface area contributed by atoms with Crippen molar-refractivity contribution in [2.75, 3.05) is 0 Å². The molecule has 0 amide bonds. The minimum Gasteiger partial charge on any atom is -0.271 e. The third-order valence-corrected chi connectivity index (χ3v) is 3.40. The summed E-state index contributed by atoms with van der Waals surface area (Å²) in [7, 11) is 0. The van der Waals surface area contributed by atoms with Gasteiger partial charge in [0.1, 0.15) is 0 Å². The van der Waals surface area contributed by atoms with Gasteiger partial charge in [0.25, 0.3) is 0 Å². The molecule has 0 fully saturated rings. The van der Waals surface area contributed by atoms with Gasteiger partial charge in [0.05, 0.1) is 11.7 Å². The summed E-state index contributed by atoms with van der Waals surface area (Å²) >= 11 is 0. The van der Waals surface area contributed by atoms with Gasteiger partial charge in [-0.25, -0.2) is 5.43 Å². The molecular formula is C15H22N4. The zero-order valence-electron chi connectivity index (χ0n) is 11.8. The molecule has 0 spiro atoms. The molecule has 0 aliphatic heterocycles. The van der Waals surface area contributed by atoms with Crippen LogP contribution in [-0.2, 0) is 6.42 Å². The summed E-state index contributed by atoms with van der Waals surface area (Å²) in [4.78, 5) is 0. The van der Waals surface area contributed by atoms with Crippen LogP contribution in [0.2, 0.25) is 0 Å². The molecule has 0 aliphatic carbocycles. The van der Waals surface area contributed by atoms with Gasteiger partial charge in [0.15, 0.2) is 0 Å². The number of aryl methyl sites for hydroxylation is 1. The summed E-state index contributed by atoms with van der Waals surface area (Å²) in [6.07, 6.45) is 2.82. The molecule has 2 aromatic rings. The highest BCUT2D eigenvalue weighted by molar-refractivity contribution is 5.35. The number of rotatable bonds is 5. The fraction of sp³-hybridized carbons (Fsp3) is 0.400. The van der Waals surface area contributed by atoms with Gasteiger partial charge in [-0.05, 0) is 37.5 Å². The second kappa shape index (κ2) is 5.99. The van der Waals surface area contributed by atoms with Crippen molar-refractivity contribution in [3.63, 3.8) is 0 Å². The summed E-state index contributed by atoms with van der Waals surface area (Å²) in [6, 6.07) is 10.7. The second-order valence-electron chi connectivity index (χ2n) is 4.95. The highest BCUT2D eigenvalue weighted by atomic mass is 15.3. The van der Waals surface area contributed by atoms with Crippen molar-refractivity contribution in [3.05, 3.63) is 53.3 Å². The lowest BCUT2D eigenvalue weighted by molar-refractivity contribution is 0.475. The first-order valence-corrected chi connectivity index (χ1v) is 6.76. The first-order valence-electron chi connectivity index (χ1n) is 6.76. The summed E-state index contributed by atoms with van der Waals surface area (Å²) in [6.45, 7) is 6.40. The number of hydrazine groups is 1.